The zero-order chi connectivity index (χ0) is 11.9. The number of halogens is 2. The summed E-state index contributed by atoms with van der Waals surface area (Å²) in [7, 11) is 1.79. The van der Waals surface area contributed by atoms with Crippen LogP contribution in [0.4, 0.5) is 8.78 Å². The van der Waals surface area contributed by atoms with Crippen molar-refractivity contribution in [2.45, 2.75) is 45.6 Å². The van der Waals surface area contributed by atoms with Crippen LogP contribution < -0.4 is 5.32 Å². The lowest BCUT2D eigenvalue weighted by atomic mass is 10.1. The summed E-state index contributed by atoms with van der Waals surface area (Å²) in [5.74, 6) is -2.57. The van der Waals surface area contributed by atoms with Gasteiger partial charge in [0.25, 0.3) is 5.92 Å². The van der Waals surface area contributed by atoms with Gasteiger partial charge in [-0.15, -0.1) is 0 Å². The molecule has 0 bridgehead atoms. The van der Waals surface area contributed by atoms with Crippen molar-refractivity contribution < 1.29 is 8.78 Å². The maximum absolute atomic E-state index is 12.7. The first kappa shape index (κ1) is 14.8. The van der Waals surface area contributed by atoms with Crippen molar-refractivity contribution in [3.05, 3.63) is 0 Å². The Labute approximate surface area is 92.0 Å². The average Bonchev–Trinajstić information content (AvgIpc) is 2.20. The molecule has 0 aromatic heterocycles. The van der Waals surface area contributed by atoms with E-state index in [1.54, 1.807) is 11.9 Å². The van der Waals surface area contributed by atoms with Gasteiger partial charge < -0.3 is 5.32 Å². The molecule has 0 aromatic carbocycles. The molecule has 1 saturated heterocycles. The van der Waals surface area contributed by atoms with Crippen molar-refractivity contribution >= 4 is 0 Å². The lowest BCUT2D eigenvalue weighted by Crippen LogP contribution is -2.44. The van der Waals surface area contributed by atoms with Crippen LogP contribution in [-0.4, -0.2) is 43.5 Å². The van der Waals surface area contributed by atoms with Gasteiger partial charge in [-0.1, -0.05) is 13.8 Å². The summed E-state index contributed by atoms with van der Waals surface area (Å²) in [4.78, 5) is 1.78. The van der Waals surface area contributed by atoms with E-state index in [0.29, 0.717) is 6.04 Å². The molecule has 1 aliphatic heterocycles. The van der Waals surface area contributed by atoms with Crippen molar-refractivity contribution in [2.24, 2.45) is 0 Å². The molecule has 92 valence electrons. The standard InChI is InChI=1S/C9H18F2N2.C2H6/c1-9(10,11)7-13(2)8-3-5-12-6-4-8;1-2/h8,12H,3-7H2,1-2H3;1-2H3. The topological polar surface area (TPSA) is 15.3 Å². The Morgan fingerprint density at radius 3 is 2.13 bits per heavy atom. The van der Waals surface area contributed by atoms with Gasteiger partial charge in [0.15, 0.2) is 0 Å². The van der Waals surface area contributed by atoms with Crippen LogP contribution in [0.2, 0.25) is 0 Å². The summed E-state index contributed by atoms with van der Waals surface area (Å²) < 4.78 is 25.3. The molecule has 0 amide bonds. The van der Waals surface area contributed by atoms with Crippen LogP contribution >= 0.6 is 0 Å². The van der Waals surface area contributed by atoms with Crippen LogP contribution in [-0.2, 0) is 0 Å². The highest BCUT2D eigenvalue weighted by atomic mass is 19.3. The highest BCUT2D eigenvalue weighted by molar-refractivity contribution is 4.78. The molecular weight excluding hydrogens is 198 g/mol. The molecule has 0 spiro atoms. The number of nitrogens with one attached hydrogen (secondary N) is 1. The van der Waals surface area contributed by atoms with Crippen molar-refractivity contribution in [3.63, 3.8) is 0 Å². The van der Waals surface area contributed by atoms with Gasteiger partial charge in [0.05, 0.1) is 6.54 Å². The molecule has 0 unspecified atom stereocenters. The molecule has 4 heteroatoms. The summed E-state index contributed by atoms with van der Waals surface area (Å²) in [5.41, 5.74) is 0. The van der Waals surface area contributed by atoms with E-state index in [0.717, 1.165) is 32.9 Å². The second-order valence-corrected chi connectivity index (χ2v) is 3.97. The first-order chi connectivity index (χ1) is 6.99. The smallest absolute Gasteiger partial charge is 0.257 e. The Morgan fingerprint density at radius 2 is 1.73 bits per heavy atom. The summed E-state index contributed by atoms with van der Waals surface area (Å²) in [6.07, 6.45) is 1.96. The first-order valence-corrected chi connectivity index (χ1v) is 5.78. The number of hydrogen-bond acceptors (Lipinski definition) is 2. The molecule has 15 heavy (non-hydrogen) atoms. The van der Waals surface area contributed by atoms with E-state index in [-0.39, 0.29) is 6.54 Å². The quantitative estimate of drug-likeness (QED) is 0.788. The fourth-order valence-electron chi connectivity index (χ4n) is 1.81. The van der Waals surface area contributed by atoms with Crippen LogP contribution in [0.3, 0.4) is 0 Å². The average molecular weight is 222 g/mol. The van der Waals surface area contributed by atoms with Gasteiger partial charge in [-0.2, -0.15) is 0 Å². The number of hydrogen-bond donors (Lipinski definition) is 1. The van der Waals surface area contributed by atoms with Gasteiger partial charge in [0.2, 0.25) is 0 Å². The molecule has 0 saturated carbocycles. The molecule has 1 aliphatic rings. The minimum Gasteiger partial charge on any atom is -0.317 e. The van der Waals surface area contributed by atoms with Crippen LogP contribution in [0, 0.1) is 0 Å². The summed E-state index contributed by atoms with van der Waals surface area (Å²) >= 11 is 0. The SMILES string of the molecule is CC.CN(CC(C)(F)F)C1CCNCC1. The summed E-state index contributed by atoms with van der Waals surface area (Å²) in [6.45, 7) is 6.75. The van der Waals surface area contributed by atoms with E-state index in [9.17, 15) is 8.78 Å². The lowest BCUT2D eigenvalue weighted by molar-refractivity contribution is -0.0210. The molecule has 2 nitrogen and oxygen atoms in total. The van der Waals surface area contributed by atoms with E-state index in [1.807, 2.05) is 13.8 Å². The highest BCUT2D eigenvalue weighted by Crippen LogP contribution is 2.17. The molecule has 0 aromatic rings. The van der Waals surface area contributed by atoms with Crippen LogP contribution in [0.5, 0.6) is 0 Å². The van der Waals surface area contributed by atoms with Crippen molar-refractivity contribution in [1.29, 1.82) is 0 Å². The highest BCUT2D eigenvalue weighted by Gasteiger charge is 2.27. The van der Waals surface area contributed by atoms with Crippen LogP contribution in [0.1, 0.15) is 33.6 Å². The largest absolute Gasteiger partial charge is 0.317 e. The molecule has 1 heterocycles. The van der Waals surface area contributed by atoms with E-state index in [2.05, 4.69) is 5.32 Å². The van der Waals surface area contributed by atoms with E-state index in [4.69, 9.17) is 0 Å². The zero-order valence-electron chi connectivity index (χ0n) is 10.3. The Hall–Kier alpha value is -0.220. The molecule has 1 rings (SSSR count). The molecule has 1 fully saturated rings. The third-order valence-corrected chi connectivity index (χ3v) is 2.46. The number of piperidine rings is 1. The Kier molecular flexibility index (Phi) is 7.02. The van der Waals surface area contributed by atoms with E-state index >= 15 is 0 Å². The summed E-state index contributed by atoms with van der Waals surface area (Å²) in [5, 5.41) is 3.22. The molecule has 0 radical (unpaired) electrons. The molecule has 1 N–H and O–H groups in total. The monoisotopic (exact) mass is 222 g/mol. The fourth-order valence-corrected chi connectivity index (χ4v) is 1.81. The Balaban J connectivity index is 0.000000921. The van der Waals surface area contributed by atoms with Crippen molar-refractivity contribution in [2.75, 3.05) is 26.7 Å². The van der Waals surface area contributed by atoms with Gasteiger partial charge >= 0.3 is 0 Å². The van der Waals surface area contributed by atoms with Gasteiger partial charge in [-0.3, -0.25) is 4.90 Å². The van der Waals surface area contributed by atoms with Crippen LogP contribution in [0.25, 0.3) is 0 Å². The maximum atomic E-state index is 12.7. The third-order valence-electron chi connectivity index (χ3n) is 2.46. The van der Waals surface area contributed by atoms with Gasteiger partial charge in [-0.05, 0) is 33.0 Å². The normalized spacial score (nSPS) is 18.6. The minimum atomic E-state index is -2.57. The number of nitrogens with zero attached hydrogens (tertiary/aromatic N) is 1. The van der Waals surface area contributed by atoms with Gasteiger partial charge in [0, 0.05) is 13.0 Å². The summed E-state index contributed by atoms with van der Waals surface area (Å²) in [6, 6.07) is 0.326. The van der Waals surface area contributed by atoms with Gasteiger partial charge in [0.1, 0.15) is 0 Å². The third kappa shape index (κ3) is 6.79. The van der Waals surface area contributed by atoms with E-state index < -0.39 is 5.92 Å². The molecular formula is C11H24F2N2. The Morgan fingerprint density at radius 1 is 1.27 bits per heavy atom. The van der Waals surface area contributed by atoms with Crippen molar-refractivity contribution in [1.82, 2.24) is 10.2 Å². The molecule has 0 aliphatic carbocycles. The predicted octanol–water partition coefficient (Wildman–Crippen LogP) is 2.35. The zero-order valence-corrected chi connectivity index (χ0v) is 10.3. The molecule has 0 atom stereocenters. The number of rotatable bonds is 3. The van der Waals surface area contributed by atoms with Gasteiger partial charge in [-0.25, -0.2) is 8.78 Å². The minimum absolute atomic E-state index is 0.127. The Bertz CT molecular complexity index is 151. The fraction of sp³-hybridized carbons (Fsp3) is 1.00. The number of alkyl halides is 2. The second kappa shape index (κ2) is 7.12. The second-order valence-electron chi connectivity index (χ2n) is 3.97. The van der Waals surface area contributed by atoms with Crippen molar-refractivity contribution in [3.8, 4) is 0 Å². The maximum Gasteiger partial charge on any atom is 0.257 e. The van der Waals surface area contributed by atoms with E-state index in [1.165, 1.54) is 0 Å². The first-order valence-electron chi connectivity index (χ1n) is 5.78. The predicted molar refractivity (Wildman–Crippen MR) is 60.5 cm³/mol. The van der Waals surface area contributed by atoms with Crippen LogP contribution in [0.15, 0.2) is 0 Å². The lowest BCUT2D eigenvalue weighted by Gasteiger charge is -2.32.